The lowest BCUT2D eigenvalue weighted by Gasteiger charge is -2.61. The first-order chi connectivity index (χ1) is 20.8. The molecule has 224 valence electrons. The van der Waals surface area contributed by atoms with E-state index in [0.29, 0.717) is 22.7 Å². The van der Waals surface area contributed by atoms with Gasteiger partial charge in [0, 0.05) is 81.1 Å². The van der Waals surface area contributed by atoms with Crippen LogP contribution in [0.15, 0.2) is 54.7 Å². The summed E-state index contributed by atoms with van der Waals surface area (Å²) in [6.45, 7) is 21.5. The highest BCUT2D eigenvalue weighted by Gasteiger charge is 2.50. The average molecular weight is 598 g/mol. The van der Waals surface area contributed by atoms with Gasteiger partial charge in [0.05, 0.1) is 12.3 Å². The van der Waals surface area contributed by atoms with Crippen molar-refractivity contribution in [2.75, 3.05) is 57.3 Å². The molecule has 9 heteroatoms. The van der Waals surface area contributed by atoms with E-state index < -0.39 is 0 Å². The summed E-state index contributed by atoms with van der Waals surface area (Å²) in [4.78, 5) is 20.8. The SMILES string of the molecule is [C-]#[N+]c1cc(Cl)cc(C(C)(C)c2ccc(OCc3ccnc(N4CCC5(CC4)CN(C4CN(C6CNC6)C4)C5)n3)cc2)c1. The smallest absolute Gasteiger partial charge is 0.225 e. The largest absolute Gasteiger partial charge is 0.487 e. The monoisotopic (exact) mass is 597 g/mol. The summed E-state index contributed by atoms with van der Waals surface area (Å²) in [6, 6.07) is 17.2. The third-order valence-corrected chi connectivity index (χ3v) is 10.5. The Morgan fingerprint density at radius 3 is 2.42 bits per heavy atom. The molecule has 43 heavy (non-hydrogen) atoms. The Balaban J connectivity index is 0.903. The van der Waals surface area contributed by atoms with E-state index in [1.807, 2.05) is 36.5 Å². The van der Waals surface area contributed by atoms with E-state index in [4.69, 9.17) is 27.9 Å². The summed E-state index contributed by atoms with van der Waals surface area (Å²) in [5, 5.41) is 3.97. The standard InChI is InChI=1S/C34H40ClN7O/c1-33(2,25-14-26(35)16-28(15-25)36-3)24-4-6-31(7-5-24)43-21-27-8-11-38-32(39-27)40-12-9-34(10-13-40)22-42(23-34)30-19-41(20-30)29-17-37-18-29/h4-8,11,14-16,29-30,37H,9-10,12-13,17-23H2,1-2H3. The van der Waals surface area contributed by atoms with Crippen LogP contribution in [0.3, 0.4) is 0 Å². The minimum absolute atomic E-state index is 0.304. The fraction of sp³-hybridized carbons (Fsp3) is 0.500. The summed E-state index contributed by atoms with van der Waals surface area (Å²) >= 11 is 6.29. The Morgan fingerprint density at radius 1 is 1.00 bits per heavy atom. The van der Waals surface area contributed by atoms with Crippen molar-refractivity contribution in [3.05, 3.63) is 88.0 Å². The van der Waals surface area contributed by atoms with Gasteiger partial charge in [-0.1, -0.05) is 43.6 Å². The number of anilines is 1. The summed E-state index contributed by atoms with van der Waals surface area (Å²) in [7, 11) is 0. The molecule has 4 aliphatic heterocycles. The number of rotatable bonds is 8. The zero-order valence-corrected chi connectivity index (χ0v) is 25.9. The molecule has 0 amide bonds. The van der Waals surface area contributed by atoms with Crippen LogP contribution < -0.4 is 15.0 Å². The first-order valence-electron chi connectivity index (χ1n) is 15.5. The molecule has 8 nitrogen and oxygen atoms in total. The molecule has 1 spiro atoms. The molecule has 1 aromatic heterocycles. The van der Waals surface area contributed by atoms with Crippen LogP contribution in [0.5, 0.6) is 5.75 Å². The van der Waals surface area contributed by atoms with Crippen LogP contribution in [0, 0.1) is 12.0 Å². The molecule has 0 radical (unpaired) electrons. The number of halogens is 1. The Hall–Kier alpha value is -3.22. The lowest BCUT2D eigenvalue weighted by Crippen LogP contribution is -2.73. The summed E-state index contributed by atoms with van der Waals surface area (Å²) in [6.07, 6.45) is 4.28. The normalized spacial score (nSPS) is 21.1. The minimum atomic E-state index is -0.304. The maximum absolute atomic E-state index is 7.37. The van der Waals surface area contributed by atoms with Gasteiger partial charge in [0.25, 0.3) is 0 Å². The zero-order chi connectivity index (χ0) is 29.6. The van der Waals surface area contributed by atoms with Gasteiger partial charge in [-0.05, 0) is 59.7 Å². The number of likely N-dealkylation sites (tertiary alicyclic amines) is 2. The predicted octanol–water partition coefficient (Wildman–Crippen LogP) is 5.14. The van der Waals surface area contributed by atoms with Crippen LogP contribution in [0.25, 0.3) is 4.85 Å². The van der Waals surface area contributed by atoms with Gasteiger partial charge in [0.1, 0.15) is 12.4 Å². The molecule has 7 rings (SSSR count). The van der Waals surface area contributed by atoms with Crippen molar-refractivity contribution < 1.29 is 4.74 Å². The number of benzene rings is 2. The second kappa shape index (κ2) is 11.4. The quantitative estimate of drug-likeness (QED) is 0.361. The van der Waals surface area contributed by atoms with Crippen LogP contribution in [-0.2, 0) is 12.0 Å². The van der Waals surface area contributed by atoms with Gasteiger partial charge in [0.2, 0.25) is 5.95 Å². The van der Waals surface area contributed by atoms with Gasteiger partial charge in [-0.25, -0.2) is 14.8 Å². The molecule has 3 aromatic rings. The van der Waals surface area contributed by atoms with Crippen molar-refractivity contribution in [2.45, 2.75) is 50.8 Å². The van der Waals surface area contributed by atoms with Crippen LogP contribution in [-0.4, -0.2) is 84.2 Å². The van der Waals surface area contributed by atoms with Crippen molar-refractivity contribution in [1.29, 1.82) is 0 Å². The minimum Gasteiger partial charge on any atom is -0.487 e. The van der Waals surface area contributed by atoms with Crippen LogP contribution >= 0.6 is 11.6 Å². The fourth-order valence-corrected chi connectivity index (χ4v) is 7.26. The molecule has 4 saturated heterocycles. The van der Waals surface area contributed by atoms with Crippen LogP contribution in [0.2, 0.25) is 5.02 Å². The number of hydrogen-bond acceptors (Lipinski definition) is 7. The highest BCUT2D eigenvalue weighted by atomic mass is 35.5. The topological polar surface area (TPSA) is 61.1 Å². The Morgan fingerprint density at radius 2 is 1.74 bits per heavy atom. The molecule has 5 heterocycles. The predicted molar refractivity (Wildman–Crippen MR) is 170 cm³/mol. The molecular formula is C34H40ClN7O. The highest BCUT2D eigenvalue weighted by molar-refractivity contribution is 6.31. The van der Waals surface area contributed by atoms with E-state index in [9.17, 15) is 0 Å². The summed E-state index contributed by atoms with van der Waals surface area (Å²) in [5.74, 6) is 1.61. The van der Waals surface area contributed by atoms with Crippen molar-refractivity contribution in [2.24, 2.45) is 5.41 Å². The van der Waals surface area contributed by atoms with Crippen molar-refractivity contribution >= 4 is 23.2 Å². The van der Waals surface area contributed by atoms with Gasteiger partial charge < -0.3 is 15.0 Å². The van der Waals surface area contributed by atoms with E-state index in [0.717, 1.165) is 53.7 Å². The number of aromatic nitrogens is 2. The molecule has 0 aliphatic carbocycles. The van der Waals surface area contributed by atoms with Crippen LogP contribution in [0.1, 0.15) is 43.5 Å². The van der Waals surface area contributed by atoms with E-state index >= 15 is 0 Å². The van der Waals surface area contributed by atoms with Gasteiger partial charge in [0.15, 0.2) is 5.69 Å². The van der Waals surface area contributed by atoms with E-state index in [1.165, 1.54) is 52.1 Å². The number of hydrogen-bond donors (Lipinski definition) is 1. The van der Waals surface area contributed by atoms with E-state index in [2.05, 4.69) is 55.8 Å². The molecule has 0 saturated carbocycles. The number of nitrogens with one attached hydrogen (secondary N) is 1. The van der Waals surface area contributed by atoms with E-state index in [1.54, 1.807) is 6.07 Å². The first kappa shape index (κ1) is 28.5. The Kier molecular flexibility index (Phi) is 7.55. The number of ether oxygens (including phenoxy) is 1. The third-order valence-electron chi connectivity index (χ3n) is 10.3. The van der Waals surface area contributed by atoms with Crippen molar-refractivity contribution in [3.8, 4) is 5.75 Å². The zero-order valence-electron chi connectivity index (χ0n) is 25.1. The molecule has 4 fully saturated rings. The molecule has 0 unspecified atom stereocenters. The second-order valence-electron chi connectivity index (χ2n) is 13.4. The average Bonchev–Trinajstić information content (AvgIpc) is 2.96. The van der Waals surface area contributed by atoms with Crippen molar-refractivity contribution in [1.82, 2.24) is 25.1 Å². The third kappa shape index (κ3) is 5.72. The van der Waals surface area contributed by atoms with Crippen LogP contribution in [0.4, 0.5) is 11.6 Å². The van der Waals surface area contributed by atoms with Gasteiger partial charge in [-0.3, -0.25) is 9.80 Å². The fourth-order valence-electron chi connectivity index (χ4n) is 7.03. The first-order valence-corrected chi connectivity index (χ1v) is 15.9. The van der Waals surface area contributed by atoms with Gasteiger partial charge in [-0.2, -0.15) is 0 Å². The highest BCUT2D eigenvalue weighted by Crippen LogP contribution is 2.43. The lowest BCUT2D eigenvalue weighted by atomic mass is 9.71. The second-order valence-corrected chi connectivity index (χ2v) is 13.8. The van der Waals surface area contributed by atoms with E-state index in [-0.39, 0.29) is 5.41 Å². The molecule has 0 bridgehead atoms. The molecular weight excluding hydrogens is 558 g/mol. The summed E-state index contributed by atoms with van der Waals surface area (Å²) in [5.41, 5.74) is 3.75. The number of nitrogens with zero attached hydrogens (tertiary/aromatic N) is 6. The van der Waals surface area contributed by atoms with Crippen molar-refractivity contribution in [3.63, 3.8) is 0 Å². The molecule has 2 aromatic carbocycles. The van der Waals surface area contributed by atoms with Gasteiger partial charge >= 0.3 is 0 Å². The van der Waals surface area contributed by atoms with Gasteiger partial charge in [-0.15, -0.1) is 0 Å². The lowest BCUT2D eigenvalue weighted by molar-refractivity contribution is -0.103. The maximum atomic E-state index is 7.37. The molecule has 4 aliphatic rings. The maximum Gasteiger partial charge on any atom is 0.225 e. The number of piperidine rings is 1. The molecule has 0 atom stereocenters. The summed E-state index contributed by atoms with van der Waals surface area (Å²) < 4.78 is 6.12. The molecule has 1 N–H and O–H groups in total. The Labute approximate surface area is 259 Å². The Bertz CT molecular complexity index is 1490.